The van der Waals surface area contributed by atoms with Gasteiger partial charge < -0.3 is 4.74 Å². The summed E-state index contributed by atoms with van der Waals surface area (Å²) >= 11 is 3.26. The number of benzene rings is 1. The zero-order valence-electron chi connectivity index (χ0n) is 7.92. The van der Waals surface area contributed by atoms with Crippen molar-refractivity contribution >= 4 is 26.4 Å². The number of carbonyl (C=O) groups is 1. The molecule has 0 amide bonds. The third-order valence-corrected chi connectivity index (χ3v) is 2.17. The highest BCUT2D eigenvalue weighted by atomic mass is 79.9. The van der Waals surface area contributed by atoms with Gasteiger partial charge in [0.1, 0.15) is 0 Å². The van der Waals surface area contributed by atoms with Gasteiger partial charge in [-0.3, -0.25) is 0 Å². The largest absolute Gasteiger partial charge is 0.462 e. The van der Waals surface area contributed by atoms with Crippen molar-refractivity contribution < 1.29 is 9.53 Å². The summed E-state index contributed by atoms with van der Waals surface area (Å²) in [6, 6.07) is 7.09. The number of carbonyl (C=O) groups excluding carboxylic acids is 1. The number of rotatable bonds is 3. The molecule has 0 aliphatic rings. The average Bonchev–Trinajstić information content (AvgIpc) is 2.18. The van der Waals surface area contributed by atoms with E-state index in [1.165, 1.54) is 0 Å². The summed E-state index contributed by atoms with van der Waals surface area (Å²) in [5.41, 5.74) is 1.52. The van der Waals surface area contributed by atoms with E-state index in [9.17, 15) is 4.79 Å². The standard InChI is InChI=1S/C11H11BrO2/c1-3-14-11(13)10-6-4-9(5-7-10)8(2)12/h4-7H,2-3H2,1H3. The zero-order chi connectivity index (χ0) is 10.6. The third-order valence-electron chi connectivity index (χ3n) is 1.71. The van der Waals surface area contributed by atoms with E-state index in [0.29, 0.717) is 12.2 Å². The van der Waals surface area contributed by atoms with Gasteiger partial charge in [0, 0.05) is 4.48 Å². The number of halogens is 1. The first-order valence-corrected chi connectivity index (χ1v) is 5.06. The first-order chi connectivity index (χ1) is 6.65. The lowest BCUT2D eigenvalue weighted by atomic mass is 10.1. The van der Waals surface area contributed by atoms with Gasteiger partial charge in [-0.1, -0.05) is 34.6 Å². The number of hydrogen-bond donors (Lipinski definition) is 0. The highest BCUT2D eigenvalue weighted by Crippen LogP contribution is 2.18. The van der Waals surface area contributed by atoms with Gasteiger partial charge >= 0.3 is 5.97 Å². The fraction of sp³-hybridized carbons (Fsp3) is 0.182. The molecule has 0 unspecified atom stereocenters. The fourth-order valence-electron chi connectivity index (χ4n) is 1.00. The van der Waals surface area contributed by atoms with Crippen molar-refractivity contribution in [3.8, 4) is 0 Å². The Morgan fingerprint density at radius 3 is 2.29 bits per heavy atom. The molecule has 0 saturated heterocycles. The summed E-state index contributed by atoms with van der Waals surface area (Å²) in [6.07, 6.45) is 0. The summed E-state index contributed by atoms with van der Waals surface area (Å²) in [5.74, 6) is -0.292. The van der Waals surface area contributed by atoms with E-state index in [2.05, 4.69) is 22.5 Å². The molecule has 2 nitrogen and oxygen atoms in total. The van der Waals surface area contributed by atoms with E-state index >= 15 is 0 Å². The van der Waals surface area contributed by atoms with Crippen LogP contribution in [0, 0.1) is 0 Å². The van der Waals surface area contributed by atoms with Crippen molar-refractivity contribution in [3.05, 3.63) is 42.0 Å². The van der Waals surface area contributed by atoms with Crippen molar-refractivity contribution in [3.63, 3.8) is 0 Å². The van der Waals surface area contributed by atoms with Crippen LogP contribution in [0.1, 0.15) is 22.8 Å². The number of hydrogen-bond acceptors (Lipinski definition) is 2. The van der Waals surface area contributed by atoms with Gasteiger partial charge in [-0.25, -0.2) is 4.79 Å². The average molecular weight is 255 g/mol. The Bertz CT molecular complexity index is 341. The molecule has 0 spiro atoms. The van der Waals surface area contributed by atoms with Crippen LogP contribution < -0.4 is 0 Å². The highest BCUT2D eigenvalue weighted by Gasteiger charge is 2.05. The summed E-state index contributed by atoms with van der Waals surface area (Å²) < 4.78 is 5.65. The maximum absolute atomic E-state index is 11.3. The van der Waals surface area contributed by atoms with Crippen LogP contribution in [0.4, 0.5) is 0 Å². The van der Waals surface area contributed by atoms with Gasteiger partial charge in [-0.15, -0.1) is 0 Å². The molecule has 0 radical (unpaired) electrons. The van der Waals surface area contributed by atoms with E-state index in [1.807, 2.05) is 12.1 Å². The molecule has 1 aromatic rings. The van der Waals surface area contributed by atoms with E-state index < -0.39 is 0 Å². The lowest BCUT2D eigenvalue weighted by molar-refractivity contribution is 0.0526. The third kappa shape index (κ3) is 2.70. The van der Waals surface area contributed by atoms with Crippen LogP contribution in [0.5, 0.6) is 0 Å². The molecule has 74 valence electrons. The maximum atomic E-state index is 11.3. The minimum absolute atomic E-state index is 0.292. The summed E-state index contributed by atoms with van der Waals surface area (Å²) in [5, 5.41) is 0. The van der Waals surface area contributed by atoms with Crippen molar-refractivity contribution in [1.29, 1.82) is 0 Å². The molecule has 3 heteroatoms. The Balaban J connectivity index is 2.83. The van der Waals surface area contributed by atoms with Crippen molar-refractivity contribution in [1.82, 2.24) is 0 Å². The van der Waals surface area contributed by atoms with E-state index in [-0.39, 0.29) is 5.97 Å². The Morgan fingerprint density at radius 1 is 1.36 bits per heavy atom. The molecule has 0 atom stereocenters. The topological polar surface area (TPSA) is 26.3 Å². The van der Waals surface area contributed by atoms with Crippen molar-refractivity contribution in [2.75, 3.05) is 6.61 Å². The normalized spacial score (nSPS) is 9.57. The molecule has 0 fully saturated rings. The minimum atomic E-state index is -0.292. The maximum Gasteiger partial charge on any atom is 0.338 e. The molecule has 0 aliphatic carbocycles. The predicted molar refractivity (Wildman–Crippen MR) is 60.4 cm³/mol. The van der Waals surface area contributed by atoms with Crippen LogP contribution in [-0.4, -0.2) is 12.6 Å². The smallest absolute Gasteiger partial charge is 0.338 e. The van der Waals surface area contributed by atoms with Gasteiger partial charge in [-0.05, 0) is 24.6 Å². The van der Waals surface area contributed by atoms with Gasteiger partial charge in [0.2, 0.25) is 0 Å². The number of ether oxygens (including phenoxy) is 1. The first-order valence-electron chi connectivity index (χ1n) is 4.27. The van der Waals surface area contributed by atoms with Crippen molar-refractivity contribution in [2.24, 2.45) is 0 Å². The van der Waals surface area contributed by atoms with Crippen LogP contribution in [0.25, 0.3) is 4.48 Å². The van der Waals surface area contributed by atoms with Gasteiger partial charge in [-0.2, -0.15) is 0 Å². The predicted octanol–water partition coefficient (Wildman–Crippen LogP) is 3.23. The molecule has 0 bridgehead atoms. The fourth-order valence-corrected chi connectivity index (χ4v) is 1.27. The molecule has 0 heterocycles. The van der Waals surface area contributed by atoms with Crippen molar-refractivity contribution in [2.45, 2.75) is 6.92 Å². The minimum Gasteiger partial charge on any atom is -0.462 e. The monoisotopic (exact) mass is 254 g/mol. The lowest BCUT2D eigenvalue weighted by Gasteiger charge is -2.02. The molecule has 1 aromatic carbocycles. The first kappa shape index (κ1) is 11.0. The highest BCUT2D eigenvalue weighted by molar-refractivity contribution is 9.15. The summed E-state index contributed by atoms with van der Waals surface area (Å²) in [6.45, 7) is 5.92. The quantitative estimate of drug-likeness (QED) is 0.775. The van der Waals surface area contributed by atoms with Gasteiger partial charge in [0.05, 0.1) is 12.2 Å². The van der Waals surface area contributed by atoms with E-state index in [4.69, 9.17) is 4.74 Å². The van der Waals surface area contributed by atoms with Crippen LogP contribution in [0.15, 0.2) is 30.8 Å². The molecule has 0 aromatic heterocycles. The van der Waals surface area contributed by atoms with Gasteiger partial charge in [0.15, 0.2) is 0 Å². The second-order valence-electron chi connectivity index (χ2n) is 2.70. The molecule has 0 saturated carbocycles. The molecular weight excluding hydrogens is 244 g/mol. The summed E-state index contributed by atoms with van der Waals surface area (Å²) in [7, 11) is 0. The molecule has 0 N–H and O–H groups in total. The van der Waals surface area contributed by atoms with Crippen LogP contribution in [-0.2, 0) is 4.74 Å². The molecule has 14 heavy (non-hydrogen) atoms. The molecular formula is C11H11BrO2. The Labute approximate surface area is 91.7 Å². The van der Waals surface area contributed by atoms with Crippen LogP contribution >= 0.6 is 15.9 Å². The second-order valence-corrected chi connectivity index (χ2v) is 3.66. The van der Waals surface area contributed by atoms with E-state index in [1.54, 1.807) is 19.1 Å². The van der Waals surface area contributed by atoms with Crippen LogP contribution in [0.2, 0.25) is 0 Å². The SMILES string of the molecule is C=C(Br)c1ccc(C(=O)OCC)cc1. The van der Waals surface area contributed by atoms with E-state index in [0.717, 1.165) is 10.0 Å². The zero-order valence-corrected chi connectivity index (χ0v) is 9.50. The van der Waals surface area contributed by atoms with Crippen LogP contribution in [0.3, 0.4) is 0 Å². The Morgan fingerprint density at radius 2 is 1.86 bits per heavy atom. The molecule has 0 aliphatic heterocycles. The Kier molecular flexibility index (Phi) is 3.89. The Hall–Kier alpha value is -1.09. The lowest BCUT2D eigenvalue weighted by Crippen LogP contribution is -2.04. The molecule has 1 rings (SSSR count). The van der Waals surface area contributed by atoms with Gasteiger partial charge in [0.25, 0.3) is 0 Å². The number of esters is 1. The second kappa shape index (κ2) is 4.96. The summed E-state index contributed by atoms with van der Waals surface area (Å²) in [4.78, 5) is 11.3.